The Morgan fingerprint density at radius 1 is 1.16 bits per heavy atom. The number of nitrogens with two attached hydrogens (primary N) is 1. The van der Waals surface area contributed by atoms with Crippen molar-refractivity contribution in [2.24, 2.45) is 4.99 Å². The quantitative estimate of drug-likeness (QED) is 0.853. The van der Waals surface area contributed by atoms with Crippen LogP contribution in [0.4, 0.5) is 5.69 Å². The van der Waals surface area contributed by atoms with Crippen LogP contribution in [0.1, 0.15) is 15.9 Å². The third-order valence-corrected chi connectivity index (χ3v) is 3.06. The van der Waals surface area contributed by atoms with Gasteiger partial charge in [0.25, 0.3) is 5.91 Å². The number of nitrogen functional groups attached to an aromatic ring is 1. The number of anilines is 1. The largest absolute Gasteiger partial charge is 0.456 e. The van der Waals surface area contributed by atoms with Crippen LogP contribution in [0.2, 0.25) is 5.02 Å². The van der Waals surface area contributed by atoms with Gasteiger partial charge in [0.2, 0.25) is 0 Å². The van der Waals surface area contributed by atoms with E-state index in [4.69, 9.17) is 22.1 Å². The van der Waals surface area contributed by atoms with Crippen LogP contribution in [0, 0.1) is 0 Å². The molecule has 4 nitrogen and oxygen atoms in total. The summed E-state index contributed by atoms with van der Waals surface area (Å²) < 4.78 is 5.64. The summed E-state index contributed by atoms with van der Waals surface area (Å²) in [4.78, 5) is 15.2. The van der Waals surface area contributed by atoms with E-state index in [1.165, 1.54) is 6.21 Å². The van der Waals surface area contributed by atoms with E-state index < -0.39 is 0 Å². The van der Waals surface area contributed by atoms with Gasteiger partial charge in [0.05, 0.1) is 10.6 Å². The maximum absolute atomic E-state index is 11.5. The van der Waals surface area contributed by atoms with E-state index >= 15 is 0 Å². The third kappa shape index (κ3) is 2.18. The molecular weight excluding hydrogens is 264 g/mol. The van der Waals surface area contributed by atoms with Crippen molar-refractivity contribution in [2.45, 2.75) is 0 Å². The van der Waals surface area contributed by atoms with Gasteiger partial charge in [-0.1, -0.05) is 11.6 Å². The summed E-state index contributed by atoms with van der Waals surface area (Å²) in [5.74, 6) is 0.760. The van der Waals surface area contributed by atoms with Crippen LogP contribution < -0.4 is 10.5 Å². The average molecular weight is 273 g/mol. The number of halogens is 1. The summed E-state index contributed by atoms with van der Waals surface area (Å²) in [6.07, 6.45) is 1.54. The molecule has 0 bridgehead atoms. The van der Waals surface area contributed by atoms with Crippen molar-refractivity contribution in [3.8, 4) is 11.5 Å². The van der Waals surface area contributed by atoms with Crippen molar-refractivity contribution >= 4 is 29.4 Å². The molecule has 1 heterocycles. The number of ether oxygens (including phenoxy) is 1. The minimum Gasteiger partial charge on any atom is -0.456 e. The SMILES string of the molecule is Nc1ccc(Oc2ccc3c(c2)C(=O)N=C3)c(Cl)c1. The first kappa shape index (κ1) is 11.7. The minimum atomic E-state index is -0.260. The monoisotopic (exact) mass is 272 g/mol. The standard InChI is InChI=1S/C14H9ClN2O2/c15-12-5-9(16)2-4-13(12)19-10-3-1-8-7-17-14(18)11(8)6-10/h1-7H,16H2. The van der Waals surface area contributed by atoms with Crippen molar-refractivity contribution in [2.75, 3.05) is 5.73 Å². The van der Waals surface area contributed by atoms with Crippen LogP contribution in [-0.4, -0.2) is 12.1 Å². The summed E-state index contributed by atoms with van der Waals surface area (Å²) in [6.45, 7) is 0. The summed E-state index contributed by atoms with van der Waals surface area (Å²) >= 11 is 6.03. The molecule has 3 rings (SSSR count). The van der Waals surface area contributed by atoms with Crippen molar-refractivity contribution < 1.29 is 9.53 Å². The number of nitrogens with zero attached hydrogens (tertiary/aromatic N) is 1. The van der Waals surface area contributed by atoms with Gasteiger partial charge in [-0.3, -0.25) is 4.79 Å². The van der Waals surface area contributed by atoms with Crippen LogP contribution >= 0.6 is 11.6 Å². The zero-order valence-electron chi connectivity index (χ0n) is 9.76. The summed E-state index contributed by atoms with van der Waals surface area (Å²) in [5.41, 5.74) is 7.50. The van der Waals surface area contributed by atoms with Gasteiger partial charge < -0.3 is 10.5 Å². The second kappa shape index (κ2) is 4.40. The number of benzene rings is 2. The van der Waals surface area contributed by atoms with Crippen LogP contribution in [0.3, 0.4) is 0 Å². The normalized spacial score (nSPS) is 12.6. The Labute approximate surface area is 114 Å². The number of carbonyl (C=O) groups excluding carboxylic acids is 1. The number of fused-ring (bicyclic) bond motifs is 1. The van der Waals surface area contributed by atoms with E-state index in [0.29, 0.717) is 27.8 Å². The lowest BCUT2D eigenvalue weighted by molar-refractivity contribution is 0.101. The van der Waals surface area contributed by atoms with Gasteiger partial charge in [-0.05, 0) is 36.4 Å². The van der Waals surface area contributed by atoms with Gasteiger partial charge in [0, 0.05) is 17.5 Å². The van der Waals surface area contributed by atoms with Crippen molar-refractivity contribution in [1.82, 2.24) is 0 Å². The predicted octanol–water partition coefficient (Wildman–Crippen LogP) is 3.29. The fourth-order valence-corrected chi connectivity index (χ4v) is 2.05. The van der Waals surface area contributed by atoms with E-state index in [0.717, 1.165) is 5.56 Å². The fraction of sp³-hybridized carbons (Fsp3) is 0. The highest BCUT2D eigenvalue weighted by Gasteiger charge is 2.16. The molecule has 0 unspecified atom stereocenters. The lowest BCUT2D eigenvalue weighted by Crippen LogP contribution is -1.94. The highest BCUT2D eigenvalue weighted by Crippen LogP contribution is 2.32. The Kier molecular flexibility index (Phi) is 2.72. The highest BCUT2D eigenvalue weighted by atomic mass is 35.5. The number of carbonyl (C=O) groups is 1. The van der Waals surface area contributed by atoms with E-state index in [1.54, 1.807) is 36.4 Å². The topological polar surface area (TPSA) is 64.7 Å². The molecule has 2 aromatic rings. The second-order valence-corrected chi connectivity index (χ2v) is 4.51. The van der Waals surface area contributed by atoms with E-state index in [1.807, 2.05) is 0 Å². The second-order valence-electron chi connectivity index (χ2n) is 4.10. The van der Waals surface area contributed by atoms with Gasteiger partial charge in [-0.25, -0.2) is 4.99 Å². The predicted molar refractivity (Wildman–Crippen MR) is 74.3 cm³/mol. The molecule has 1 aliphatic rings. The minimum absolute atomic E-state index is 0.260. The zero-order valence-corrected chi connectivity index (χ0v) is 10.5. The number of amides is 1. The summed E-state index contributed by atoms with van der Waals surface area (Å²) in [6, 6.07) is 10.2. The van der Waals surface area contributed by atoms with Gasteiger partial charge in [-0.15, -0.1) is 0 Å². The Balaban J connectivity index is 1.92. The number of hydrogen-bond acceptors (Lipinski definition) is 3. The molecule has 1 amide bonds. The average Bonchev–Trinajstić information content (AvgIpc) is 2.75. The van der Waals surface area contributed by atoms with Gasteiger partial charge >= 0.3 is 0 Å². The van der Waals surface area contributed by atoms with Gasteiger partial charge in [0.1, 0.15) is 11.5 Å². The van der Waals surface area contributed by atoms with E-state index in [2.05, 4.69) is 4.99 Å². The molecule has 19 heavy (non-hydrogen) atoms. The first-order chi connectivity index (χ1) is 9.13. The third-order valence-electron chi connectivity index (χ3n) is 2.76. The first-order valence-electron chi connectivity index (χ1n) is 5.59. The number of hydrogen-bond donors (Lipinski definition) is 1. The molecule has 0 radical (unpaired) electrons. The molecule has 0 saturated carbocycles. The van der Waals surface area contributed by atoms with Crippen LogP contribution in [0.25, 0.3) is 0 Å². The molecule has 0 atom stereocenters. The Morgan fingerprint density at radius 3 is 2.79 bits per heavy atom. The maximum atomic E-state index is 11.5. The summed E-state index contributed by atoms with van der Waals surface area (Å²) in [7, 11) is 0. The Hall–Kier alpha value is -2.33. The maximum Gasteiger partial charge on any atom is 0.277 e. The Bertz CT molecular complexity index is 711. The van der Waals surface area contributed by atoms with Crippen LogP contribution in [-0.2, 0) is 0 Å². The van der Waals surface area contributed by atoms with Gasteiger partial charge in [0.15, 0.2) is 0 Å². The lowest BCUT2D eigenvalue weighted by atomic mass is 10.1. The zero-order chi connectivity index (χ0) is 13.4. The van der Waals surface area contributed by atoms with Crippen molar-refractivity contribution in [3.05, 3.63) is 52.5 Å². The number of aliphatic imine (C=N–C) groups is 1. The summed E-state index contributed by atoms with van der Waals surface area (Å²) in [5, 5.41) is 0.420. The van der Waals surface area contributed by atoms with Crippen LogP contribution in [0.5, 0.6) is 11.5 Å². The smallest absolute Gasteiger partial charge is 0.277 e. The molecule has 2 aromatic carbocycles. The lowest BCUT2D eigenvalue weighted by Gasteiger charge is -2.09. The van der Waals surface area contributed by atoms with Gasteiger partial charge in [-0.2, -0.15) is 0 Å². The molecule has 2 N–H and O–H groups in total. The van der Waals surface area contributed by atoms with Crippen molar-refractivity contribution in [3.63, 3.8) is 0 Å². The number of rotatable bonds is 2. The first-order valence-corrected chi connectivity index (χ1v) is 5.96. The molecule has 0 spiro atoms. The van der Waals surface area contributed by atoms with Crippen molar-refractivity contribution in [1.29, 1.82) is 0 Å². The molecule has 0 fully saturated rings. The molecule has 0 aromatic heterocycles. The molecular formula is C14H9ClN2O2. The van der Waals surface area contributed by atoms with E-state index in [-0.39, 0.29) is 5.91 Å². The molecule has 0 saturated heterocycles. The highest BCUT2D eigenvalue weighted by molar-refractivity contribution is 6.32. The van der Waals surface area contributed by atoms with Crippen LogP contribution in [0.15, 0.2) is 41.4 Å². The molecule has 1 aliphatic heterocycles. The van der Waals surface area contributed by atoms with E-state index in [9.17, 15) is 4.79 Å². The molecule has 94 valence electrons. The molecule has 0 aliphatic carbocycles. The Morgan fingerprint density at radius 2 is 2.00 bits per heavy atom. The fourth-order valence-electron chi connectivity index (χ4n) is 1.82. The molecule has 5 heteroatoms.